The molecule has 1 unspecified atom stereocenters. The summed E-state index contributed by atoms with van der Waals surface area (Å²) >= 11 is 0. The van der Waals surface area contributed by atoms with E-state index in [2.05, 4.69) is 50.2 Å². The Hall–Kier alpha value is -0.120. The molecular weight excluding hydrogens is 186 g/mol. The molecule has 0 fully saturated rings. The van der Waals surface area contributed by atoms with Crippen molar-refractivity contribution in [2.24, 2.45) is 0 Å². The zero-order valence-electron chi connectivity index (χ0n) is 11.2. The number of rotatable bonds is 9. The molecule has 0 rings (SSSR count). The lowest BCUT2D eigenvalue weighted by Crippen LogP contribution is -2.31. The van der Waals surface area contributed by atoms with Crippen LogP contribution in [0.3, 0.4) is 0 Å². The molecule has 0 heterocycles. The second-order valence-corrected chi connectivity index (χ2v) is 4.64. The minimum Gasteiger partial charge on any atom is -0.317 e. The van der Waals surface area contributed by atoms with Gasteiger partial charge in [-0.25, -0.2) is 0 Å². The summed E-state index contributed by atoms with van der Waals surface area (Å²) in [6.07, 6.45) is 3.82. The lowest BCUT2D eigenvalue weighted by Gasteiger charge is -2.20. The first-order valence-corrected chi connectivity index (χ1v) is 6.10. The van der Waals surface area contributed by atoms with Crippen LogP contribution in [0.15, 0.2) is 0 Å². The van der Waals surface area contributed by atoms with Crippen LogP contribution in [0.1, 0.15) is 26.2 Å². The molecule has 0 aromatic carbocycles. The van der Waals surface area contributed by atoms with E-state index in [-0.39, 0.29) is 0 Å². The number of nitrogens with zero attached hydrogens (tertiary/aromatic N) is 2. The fourth-order valence-corrected chi connectivity index (χ4v) is 1.64. The maximum Gasteiger partial charge on any atom is 0.0106 e. The topological polar surface area (TPSA) is 18.5 Å². The SMILES string of the molecule is CCC(CCCN(C)CCN(C)C)NC. The third kappa shape index (κ3) is 8.85. The van der Waals surface area contributed by atoms with Gasteiger partial charge >= 0.3 is 0 Å². The average molecular weight is 215 g/mol. The second kappa shape index (κ2) is 9.13. The van der Waals surface area contributed by atoms with Crippen molar-refractivity contribution in [3.05, 3.63) is 0 Å². The Kier molecular flexibility index (Phi) is 9.06. The van der Waals surface area contributed by atoms with E-state index < -0.39 is 0 Å². The fourth-order valence-electron chi connectivity index (χ4n) is 1.64. The van der Waals surface area contributed by atoms with Crippen molar-refractivity contribution >= 4 is 0 Å². The van der Waals surface area contributed by atoms with Crippen molar-refractivity contribution in [1.82, 2.24) is 15.1 Å². The molecule has 0 radical (unpaired) electrons. The van der Waals surface area contributed by atoms with Crippen LogP contribution in [-0.4, -0.2) is 63.7 Å². The first-order chi connectivity index (χ1) is 7.10. The summed E-state index contributed by atoms with van der Waals surface area (Å²) in [5.74, 6) is 0. The number of hydrogen-bond acceptors (Lipinski definition) is 3. The van der Waals surface area contributed by atoms with Crippen molar-refractivity contribution in [3.8, 4) is 0 Å². The average Bonchev–Trinajstić information content (AvgIpc) is 2.21. The van der Waals surface area contributed by atoms with E-state index in [4.69, 9.17) is 0 Å². The Balaban J connectivity index is 3.41. The lowest BCUT2D eigenvalue weighted by atomic mass is 10.1. The van der Waals surface area contributed by atoms with Gasteiger partial charge in [-0.3, -0.25) is 0 Å². The van der Waals surface area contributed by atoms with E-state index in [1.165, 1.54) is 32.4 Å². The molecule has 0 bridgehead atoms. The minimum absolute atomic E-state index is 0.701. The Morgan fingerprint density at radius 1 is 1.07 bits per heavy atom. The zero-order valence-corrected chi connectivity index (χ0v) is 11.2. The van der Waals surface area contributed by atoms with Crippen LogP contribution in [0.4, 0.5) is 0 Å². The van der Waals surface area contributed by atoms with Gasteiger partial charge in [-0.05, 0) is 54.0 Å². The van der Waals surface area contributed by atoms with E-state index in [0.29, 0.717) is 6.04 Å². The quantitative estimate of drug-likeness (QED) is 0.625. The third-order valence-electron chi connectivity index (χ3n) is 2.92. The van der Waals surface area contributed by atoms with Crippen LogP contribution >= 0.6 is 0 Å². The zero-order chi connectivity index (χ0) is 11.7. The Morgan fingerprint density at radius 2 is 1.73 bits per heavy atom. The maximum atomic E-state index is 3.35. The highest BCUT2D eigenvalue weighted by atomic mass is 15.1. The molecule has 1 atom stereocenters. The van der Waals surface area contributed by atoms with E-state index >= 15 is 0 Å². The van der Waals surface area contributed by atoms with Crippen molar-refractivity contribution in [1.29, 1.82) is 0 Å². The summed E-state index contributed by atoms with van der Waals surface area (Å²) in [5, 5.41) is 3.35. The van der Waals surface area contributed by atoms with Gasteiger partial charge in [0, 0.05) is 19.1 Å². The monoisotopic (exact) mass is 215 g/mol. The summed E-state index contributed by atoms with van der Waals surface area (Å²) in [6, 6.07) is 0.701. The molecule has 1 N–H and O–H groups in total. The molecule has 0 amide bonds. The smallest absolute Gasteiger partial charge is 0.0106 e. The Morgan fingerprint density at radius 3 is 2.20 bits per heavy atom. The highest BCUT2D eigenvalue weighted by molar-refractivity contribution is 4.63. The molecule has 0 spiro atoms. The molecule has 3 nitrogen and oxygen atoms in total. The molecule has 3 heteroatoms. The first kappa shape index (κ1) is 14.9. The molecule has 92 valence electrons. The molecular formula is C12H29N3. The van der Waals surface area contributed by atoms with Crippen molar-refractivity contribution < 1.29 is 0 Å². The van der Waals surface area contributed by atoms with E-state index in [0.717, 1.165) is 6.54 Å². The molecule has 0 saturated carbocycles. The summed E-state index contributed by atoms with van der Waals surface area (Å²) in [4.78, 5) is 4.65. The van der Waals surface area contributed by atoms with Gasteiger partial charge in [0.1, 0.15) is 0 Å². The predicted octanol–water partition coefficient (Wildman–Crippen LogP) is 1.26. The Labute approximate surface area is 95.8 Å². The summed E-state index contributed by atoms with van der Waals surface area (Å²) < 4.78 is 0. The summed E-state index contributed by atoms with van der Waals surface area (Å²) in [7, 11) is 8.53. The van der Waals surface area contributed by atoms with Gasteiger partial charge < -0.3 is 15.1 Å². The van der Waals surface area contributed by atoms with Crippen LogP contribution in [0.25, 0.3) is 0 Å². The van der Waals surface area contributed by atoms with Gasteiger partial charge in [0.15, 0.2) is 0 Å². The number of hydrogen-bond donors (Lipinski definition) is 1. The predicted molar refractivity (Wildman–Crippen MR) is 68.4 cm³/mol. The molecule has 0 aliphatic carbocycles. The van der Waals surface area contributed by atoms with Crippen LogP contribution in [0, 0.1) is 0 Å². The van der Waals surface area contributed by atoms with Gasteiger partial charge in [0.2, 0.25) is 0 Å². The molecule has 0 aliphatic heterocycles. The van der Waals surface area contributed by atoms with Gasteiger partial charge in [-0.15, -0.1) is 0 Å². The van der Waals surface area contributed by atoms with Gasteiger partial charge in [0.25, 0.3) is 0 Å². The highest BCUT2D eigenvalue weighted by Gasteiger charge is 2.04. The van der Waals surface area contributed by atoms with Crippen LogP contribution in [0.5, 0.6) is 0 Å². The molecule has 0 saturated heterocycles. The normalized spacial score (nSPS) is 13.8. The standard InChI is InChI=1S/C12H29N3/c1-6-12(13-2)8-7-9-15(5)11-10-14(3)4/h12-13H,6-11H2,1-5H3. The largest absolute Gasteiger partial charge is 0.317 e. The molecule has 0 aromatic rings. The highest BCUT2D eigenvalue weighted by Crippen LogP contribution is 2.01. The number of likely N-dealkylation sites (N-methyl/N-ethyl adjacent to an activating group) is 2. The fraction of sp³-hybridized carbons (Fsp3) is 1.00. The third-order valence-corrected chi connectivity index (χ3v) is 2.92. The second-order valence-electron chi connectivity index (χ2n) is 4.64. The lowest BCUT2D eigenvalue weighted by molar-refractivity contribution is 0.273. The molecule has 0 aromatic heterocycles. The number of nitrogens with one attached hydrogen (secondary N) is 1. The van der Waals surface area contributed by atoms with Crippen LogP contribution in [-0.2, 0) is 0 Å². The van der Waals surface area contributed by atoms with Gasteiger partial charge in [0.05, 0.1) is 0 Å². The first-order valence-electron chi connectivity index (χ1n) is 6.10. The summed E-state index contributed by atoms with van der Waals surface area (Å²) in [5.41, 5.74) is 0. The summed E-state index contributed by atoms with van der Waals surface area (Å²) in [6.45, 7) is 5.78. The Bertz CT molecular complexity index is 133. The maximum absolute atomic E-state index is 3.35. The van der Waals surface area contributed by atoms with Crippen LogP contribution < -0.4 is 5.32 Å². The van der Waals surface area contributed by atoms with Gasteiger partial charge in [-0.2, -0.15) is 0 Å². The van der Waals surface area contributed by atoms with Crippen molar-refractivity contribution in [3.63, 3.8) is 0 Å². The van der Waals surface area contributed by atoms with Crippen molar-refractivity contribution in [2.45, 2.75) is 32.2 Å². The molecule has 0 aliphatic rings. The molecule has 15 heavy (non-hydrogen) atoms. The minimum atomic E-state index is 0.701. The van der Waals surface area contributed by atoms with Crippen LogP contribution in [0.2, 0.25) is 0 Å². The van der Waals surface area contributed by atoms with E-state index in [1.54, 1.807) is 0 Å². The van der Waals surface area contributed by atoms with E-state index in [9.17, 15) is 0 Å². The van der Waals surface area contributed by atoms with Gasteiger partial charge in [-0.1, -0.05) is 6.92 Å². The van der Waals surface area contributed by atoms with Crippen molar-refractivity contribution in [2.75, 3.05) is 47.8 Å². The van der Waals surface area contributed by atoms with E-state index in [1.807, 2.05) is 0 Å².